The smallest absolute Gasteiger partial charge is 0.305 e. The zero-order valence-electron chi connectivity index (χ0n) is 51.5. The first-order chi connectivity index (χ1) is 39.9. The molecule has 0 saturated carbocycles. The number of rotatable bonds is 43. The Balaban J connectivity index is 0.000000700. The second kappa shape index (κ2) is 46.0. The number of unbranched alkanes of at least 4 members (excludes halogenated alkanes) is 4. The van der Waals surface area contributed by atoms with Crippen LogP contribution in [0.2, 0.25) is 0 Å². The van der Waals surface area contributed by atoms with Gasteiger partial charge in [0, 0.05) is 61.7 Å². The molecule has 4 rings (SSSR count). The molecule has 0 radical (unpaired) electrons. The highest BCUT2D eigenvalue weighted by atomic mass is 32.2. The van der Waals surface area contributed by atoms with Gasteiger partial charge in [-0.15, -0.1) is 13.2 Å². The van der Waals surface area contributed by atoms with E-state index in [1.165, 1.54) is 70.9 Å². The van der Waals surface area contributed by atoms with Gasteiger partial charge in [-0.1, -0.05) is 159 Å². The van der Waals surface area contributed by atoms with E-state index in [0.29, 0.717) is 82.6 Å². The normalized spacial score (nSPS) is 15.8. The molecule has 84 heavy (non-hydrogen) atoms. The minimum absolute atomic E-state index is 0. The van der Waals surface area contributed by atoms with E-state index >= 15 is 0 Å². The molecule has 6 unspecified atom stereocenters. The molecular weight excluding hydrogens is 1090 g/mol. The lowest BCUT2D eigenvalue weighted by Crippen LogP contribution is -2.30. The first-order valence-electron chi connectivity index (χ1n) is 30.8. The molecule has 0 spiro atoms. The summed E-state index contributed by atoms with van der Waals surface area (Å²) in [4.78, 5) is 69.7. The molecular formula is C71H108N2O9S2. The van der Waals surface area contributed by atoms with Crippen LogP contribution < -0.4 is 0 Å². The third kappa shape index (κ3) is 32.9. The Kier molecular flexibility index (Phi) is 42.1. The molecule has 6 atom stereocenters. The van der Waals surface area contributed by atoms with Crippen LogP contribution in [-0.4, -0.2) is 105 Å². The van der Waals surface area contributed by atoms with Crippen LogP contribution in [0.25, 0.3) is 0 Å². The molecule has 2 aromatic carbocycles. The Morgan fingerprint density at radius 3 is 1.37 bits per heavy atom. The summed E-state index contributed by atoms with van der Waals surface area (Å²) in [5.41, 5.74) is 3.28. The number of benzene rings is 2. The van der Waals surface area contributed by atoms with Crippen molar-refractivity contribution in [3.63, 3.8) is 0 Å². The number of aliphatic carboxylic acids is 1. The number of carbonyl (C=O) groups is 6. The van der Waals surface area contributed by atoms with Crippen LogP contribution in [0.15, 0.2) is 135 Å². The summed E-state index contributed by atoms with van der Waals surface area (Å²) < 4.78 is 5.35. The minimum atomic E-state index is -0.815. The molecule has 11 nitrogen and oxygen atoms in total. The summed E-state index contributed by atoms with van der Waals surface area (Å²) in [5.74, 6) is 4.38. The molecule has 0 saturated heterocycles. The second-order valence-electron chi connectivity index (χ2n) is 22.8. The van der Waals surface area contributed by atoms with Crippen LogP contribution in [0.3, 0.4) is 0 Å². The average molecular weight is 1200 g/mol. The summed E-state index contributed by atoms with van der Waals surface area (Å²) in [5, 5.41) is 17.2. The highest BCUT2D eigenvalue weighted by Gasteiger charge is 2.25. The number of imide groups is 2. The van der Waals surface area contributed by atoms with Gasteiger partial charge in [0.25, 0.3) is 23.6 Å². The van der Waals surface area contributed by atoms with Crippen molar-refractivity contribution in [1.82, 2.24) is 9.80 Å². The van der Waals surface area contributed by atoms with Crippen LogP contribution in [0.1, 0.15) is 189 Å². The minimum Gasteiger partial charge on any atom is -0.481 e. The lowest BCUT2D eigenvalue weighted by atomic mass is 9.77. The maximum absolute atomic E-state index is 11.9. The number of carboxylic acids is 1. The zero-order valence-corrected chi connectivity index (χ0v) is 53.2. The van der Waals surface area contributed by atoms with Crippen LogP contribution in [0.4, 0.5) is 0 Å². The fourth-order valence-electron chi connectivity index (χ4n) is 9.96. The number of nitrogens with zero attached hydrogens (tertiary/aromatic N) is 2. The van der Waals surface area contributed by atoms with Crippen molar-refractivity contribution >= 4 is 59.1 Å². The molecule has 2 heterocycles. The van der Waals surface area contributed by atoms with Crippen molar-refractivity contribution in [3.8, 4) is 0 Å². The average Bonchev–Trinajstić information content (AvgIpc) is 4.17. The van der Waals surface area contributed by atoms with E-state index in [-0.39, 0.29) is 54.3 Å². The Labute approximate surface area is 516 Å². The number of carboxylic acid groups (broad SMARTS) is 1. The van der Waals surface area contributed by atoms with Gasteiger partial charge in [0.15, 0.2) is 0 Å². The van der Waals surface area contributed by atoms with Crippen LogP contribution in [0.5, 0.6) is 0 Å². The van der Waals surface area contributed by atoms with Crippen LogP contribution >= 0.6 is 23.5 Å². The molecule has 0 aliphatic carbocycles. The SMILES string of the molecule is C.C=CC(CCC=CCC(C)(CC)c1ccccc1)CC(C)CCSCCO.C=CC(CCC=CCC(C)(CC)c1ccccc1)CC(C)CCSCCOC(=O)CCCCCN1C(=O)C=CC1=O.O=C(O)CCCCCN1C(=O)C=CC1=O. The number of aliphatic hydroxyl groups is 1. The summed E-state index contributed by atoms with van der Waals surface area (Å²) in [6.45, 7) is 23.6. The van der Waals surface area contributed by atoms with Crippen molar-refractivity contribution in [1.29, 1.82) is 0 Å². The molecule has 2 aromatic rings. The lowest BCUT2D eigenvalue weighted by molar-refractivity contribution is -0.143. The van der Waals surface area contributed by atoms with Crippen molar-refractivity contribution < 1.29 is 43.7 Å². The predicted molar refractivity (Wildman–Crippen MR) is 354 cm³/mol. The van der Waals surface area contributed by atoms with Crippen molar-refractivity contribution in [2.24, 2.45) is 23.7 Å². The van der Waals surface area contributed by atoms with E-state index in [1.54, 1.807) is 0 Å². The van der Waals surface area contributed by atoms with Gasteiger partial charge < -0.3 is 14.9 Å². The molecule has 2 aliphatic heterocycles. The summed E-state index contributed by atoms with van der Waals surface area (Å²) in [6, 6.07) is 21.7. The van der Waals surface area contributed by atoms with E-state index in [0.717, 1.165) is 86.7 Å². The number of amides is 4. The molecule has 13 heteroatoms. The fourth-order valence-corrected chi connectivity index (χ4v) is 11.8. The third-order valence-corrected chi connectivity index (χ3v) is 18.0. The van der Waals surface area contributed by atoms with E-state index in [1.807, 2.05) is 23.5 Å². The topological polar surface area (TPSA) is 159 Å². The zero-order chi connectivity index (χ0) is 61.1. The monoisotopic (exact) mass is 1200 g/mol. The maximum Gasteiger partial charge on any atom is 0.305 e. The molecule has 4 amide bonds. The first kappa shape index (κ1) is 76.8. The molecule has 0 bridgehead atoms. The lowest BCUT2D eigenvalue weighted by Gasteiger charge is -2.27. The number of hydrogen-bond donors (Lipinski definition) is 2. The maximum atomic E-state index is 11.9. The highest BCUT2D eigenvalue weighted by molar-refractivity contribution is 7.99. The molecule has 468 valence electrons. The number of ether oxygens (including phenoxy) is 1. The van der Waals surface area contributed by atoms with E-state index in [4.69, 9.17) is 14.9 Å². The van der Waals surface area contributed by atoms with Crippen LogP contribution in [0, 0.1) is 23.7 Å². The van der Waals surface area contributed by atoms with Gasteiger partial charge in [-0.25, -0.2) is 0 Å². The Hall–Kier alpha value is -5.24. The van der Waals surface area contributed by atoms with E-state index in [2.05, 4.69) is 152 Å². The van der Waals surface area contributed by atoms with Crippen molar-refractivity contribution in [3.05, 3.63) is 146 Å². The van der Waals surface area contributed by atoms with Crippen LogP contribution in [-0.2, 0) is 44.3 Å². The molecule has 2 N–H and O–H groups in total. The Morgan fingerprint density at radius 2 is 0.988 bits per heavy atom. The van der Waals surface area contributed by atoms with Crippen molar-refractivity contribution in [2.45, 2.75) is 188 Å². The number of carbonyl (C=O) groups excluding carboxylic acids is 5. The third-order valence-electron chi connectivity index (χ3n) is 16.0. The van der Waals surface area contributed by atoms with Gasteiger partial charge in [-0.3, -0.25) is 38.6 Å². The summed E-state index contributed by atoms with van der Waals surface area (Å²) in [7, 11) is 0. The summed E-state index contributed by atoms with van der Waals surface area (Å²) >= 11 is 3.70. The number of allylic oxidation sites excluding steroid dienone is 6. The molecule has 0 aromatic heterocycles. The predicted octanol–water partition coefficient (Wildman–Crippen LogP) is 16.3. The highest BCUT2D eigenvalue weighted by Crippen LogP contribution is 2.33. The van der Waals surface area contributed by atoms with Gasteiger partial charge in [0.05, 0.1) is 6.61 Å². The standard InChI is InChI=1S/C35H51NO4S.C25H40OS.C10H13NO4.CH4/c1-5-30(16-10-8-14-23-35(4,6-2)31-17-11-7-12-18-31)28-29(3)22-26-41-27-25-40-34(39)19-13-9-15-24-36-32(37)20-21-33(36)38;1-5-23(21-22(3)16-19-27-20-18-26)13-9-8-12-17-25(4,6-2)24-14-10-7-11-15-24;12-8-5-6-9(13)11(8)7-3-1-2-4-10(14)15;/h5,7-8,11-12,14,17-18,20-21,29-30H,1,6,9-10,13,15-16,19,22-28H2,2-4H3;5,7-8,10-12,14-15,22-23,26H,1,6,9,13,16-21H2,2-4H3;5-6H,1-4,7H2,(H,14,15);1H4. The van der Waals surface area contributed by atoms with Crippen molar-refractivity contribution in [2.75, 3.05) is 49.3 Å². The Bertz CT molecular complexity index is 2280. The number of aliphatic hydroxyl groups excluding tert-OH is 1. The van der Waals surface area contributed by atoms with E-state index in [9.17, 15) is 28.8 Å². The van der Waals surface area contributed by atoms with Gasteiger partial charge in [-0.2, -0.15) is 23.5 Å². The second-order valence-corrected chi connectivity index (χ2v) is 25.3. The number of esters is 1. The Morgan fingerprint density at radius 1 is 0.583 bits per heavy atom. The number of thioether (sulfide) groups is 2. The molecule has 2 aliphatic rings. The number of hydrogen-bond acceptors (Lipinski definition) is 10. The van der Waals surface area contributed by atoms with Gasteiger partial charge in [0.2, 0.25) is 0 Å². The van der Waals surface area contributed by atoms with Gasteiger partial charge in [0.1, 0.15) is 6.61 Å². The first-order valence-corrected chi connectivity index (χ1v) is 33.1. The van der Waals surface area contributed by atoms with E-state index < -0.39 is 5.97 Å². The summed E-state index contributed by atoms with van der Waals surface area (Å²) in [6.07, 6.45) is 37.3. The van der Waals surface area contributed by atoms with Gasteiger partial charge in [-0.05, 0) is 160 Å². The quantitative estimate of drug-likeness (QED) is 0.0282. The fraction of sp³-hybridized carbons (Fsp3) is 0.577. The largest absolute Gasteiger partial charge is 0.481 e. The molecule has 0 fully saturated rings. The van der Waals surface area contributed by atoms with Gasteiger partial charge >= 0.3 is 11.9 Å².